The van der Waals surface area contributed by atoms with Gasteiger partial charge < -0.3 is 15.6 Å². The van der Waals surface area contributed by atoms with Gasteiger partial charge in [0.25, 0.3) is 0 Å². The van der Waals surface area contributed by atoms with Crippen LogP contribution in [-0.4, -0.2) is 26.4 Å². The normalized spacial score (nSPS) is 10.8. The number of aromatic nitrogens is 3. The molecule has 8 heteroatoms. The van der Waals surface area contributed by atoms with Gasteiger partial charge in [0.15, 0.2) is 11.0 Å². The summed E-state index contributed by atoms with van der Waals surface area (Å²) >= 11 is 7.29. The number of benzene rings is 2. The molecule has 3 N–H and O–H groups in total. The second-order valence-electron chi connectivity index (χ2n) is 5.97. The molecule has 0 unspecified atom stereocenters. The molecule has 3 aromatic rings. The minimum Gasteiger partial charge on any atom is -0.398 e. The number of halogens is 1. The monoisotopic (exact) mass is 401 g/mol. The molecule has 0 saturated carbocycles. The van der Waals surface area contributed by atoms with Crippen molar-refractivity contribution >= 4 is 40.6 Å². The highest BCUT2D eigenvalue weighted by Gasteiger charge is 2.14. The van der Waals surface area contributed by atoms with Crippen molar-refractivity contribution < 1.29 is 4.79 Å². The molecule has 27 heavy (non-hydrogen) atoms. The van der Waals surface area contributed by atoms with Crippen molar-refractivity contribution in [1.82, 2.24) is 14.8 Å². The quantitative estimate of drug-likeness (QED) is 0.476. The Morgan fingerprint density at radius 1 is 1.22 bits per heavy atom. The molecule has 0 radical (unpaired) electrons. The van der Waals surface area contributed by atoms with Crippen LogP contribution in [0.2, 0.25) is 5.02 Å². The highest BCUT2D eigenvalue weighted by Crippen LogP contribution is 2.25. The van der Waals surface area contributed by atoms with Gasteiger partial charge in [-0.3, -0.25) is 4.79 Å². The highest BCUT2D eigenvalue weighted by molar-refractivity contribution is 7.99. The van der Waals surface area contributed by atoms with E-state index in [-0.39, 0.29) is 11.7 Å². The summed E-state index contributed by atoms with van der Waals surface area (Å²) in [5.74, 6) is 0.859. The van der Waals surface area contributed by atoms with Crippen molar-refractivity contribution in [2.75, 3.05) is 16.8 Å². The minimum atomic E-state index is -0.123. The molecule has 6 nitrogen and oxygen atoms in total. The van der Waals surface area contributed by atoms with E-state index in [1.165, 1.54) is 11.8 Å². The Bertz CT molecular complexity index is 955. The summed E-state index contributed by atoms with van der Waals surface area (Å²) in [6, 6.07) is 12.9. The first kappa shape index (κ1) is 19.3. The average Bonchev–Trinajstić information content (AvgIpc) is 3.06. The van der Waals surface area contributed by atoms with Gasteiger partial charge in [0.05, 0.1) is 5.75 Å². The molecule has 0 aliphatic heterocycles. The fraction of sp³-hybridized carbons (Fsp3) is 0.211. The Hall–Kier alpha value is -2.51. The maximum Gasteiger partial charge on any atom is 0.234 e. The maximum atomic E-state index is 12.3. The Kier molecular flexibility index (Phi) is 6.03. The molecule has 0 aliphatic carbocycles. The fourth-order valence-corrected chi connectivity index (χ4v) is 3.47. The predicted molar refractivity (Wildman–Crippen MR) is 111 cm³/mol. The molecule has 1 aromatic heterocycles. The zero-order valence-electron chi connectivity index (χ0n) is 15.1. The number of amides is 1. The summed E-state index contributed by atoms with van der Waals surface area (Å²) in [6.45, 7) is 4.64. The van der Waals surface area contributed by atoms with Crippen LogP contribution in [0.25, 0.3) is 11.4 Å². The van der Waals surface area contributed by atoms with Gasteiger partial charge in [-0.05, 0) is 55.8 Å². The van der Waals surface area contributed by atoms with E-state index in [1.54, 1.807) is 6.07 Å². The summed E-state index contributed by atoms with van der Waals surface area (Å²) in [7, 11) is 0. The van der Waals surface area contributed by atoms with E-state index < -0.39 is 0 Å². The lowest BCUT2D eigenvalue weighted by molar-refractivity contribution is -0.113. The summed E-state index contributed by atoms with van der Waals surface area (Å²) in [4.78, 5) is 12.3. The lowest BCUT2D eigenvalue weighted by Gasteiger charge is -2.09. The van der Waals surface area contributed by atoms with E-state index in [9.17, 15) is 4.79 Å². The smallest absolute Gasteiger partial charge is 0.234 e. The molecule has 2 aromatic carbocycles. The van der Waals surface area contributed by atoms with Gasteiger partial charge in [0, 0.05) is 28.5 Å². The van der Waals surface area contributed by atoms with Crippen LogP contribution < -0.4 is 11.1 Å². The average molecular weight is 402 g/mol. The molecule has 0 bridgehead atoms. The van der Waals surface area contributed by atoms with Crippen LogP contribution in [0.15, 0.2) is 47.6 Å². The lowest BCUT2D eigenvalue weighted by atomic mass is 10.2. The lowest BCUT2D eigenvalue weighted by Crippen LogP contribution is -2.15. The van der Waals surface area contributed by atoms with Crippen molar-refractivity contribution in [2.24, 2.45) is 0 Å². The zero-order valence-corrected chi connectivity index (χ0v) is 16.6. The van der Waals surface area contributed by atoms with Gasteiger partial charge in [-0.1, -0.05) is 29.4 Å². The summed E-state index contributed by atoms with van der Waals surface area (Å²) in [5, 5.41) is 12.7. The first-order valence-corrected chi connectivity index (χ1v) is 9.82. The fourth-order valence-electron chi connectivity index (χ4n) is 2.54. The van der Waals surface area contributed by atoms with Crippen LogP contribution in [0.4, 0.5) is 11.4 Å². The van der Waals surface area contributed by atoms with Gasteiger partial charge in [-0.2, -0.15) is 0 Å². The van der Waals surface area contributed by atoms with Crippen molar-refractivity contribution in [2.45, 2.75) is 25.5 Å². The predicted octanol–water partition coefficient (Wildman–Crippen LogP) is 4.24. The van der Waals surface area contributed by atoms with Crippen LogP contribution in [0.3, 0.4) is 0 Å². The number of hydrogen-bond acceptors (Lipinski definition) is 5. The van der Waals surface area contributed by atoms with Crippen LogP contribution in [0, 0.1) is 6.92 Å². The number of nitrogens with zero attached hydrogens (tertiary/aromatic N) is 3. The van der Waals surface area contributed by atoms with E-state index in [4.69, 9.17) is 17.3 Å². The standard InChI is InChI=1S/C19H20ClN5OS/c1-3-25-18(13-5-7-14(20)8-6-13)23-24-19(25)27-11-17(26)22-15-9-4-12(2)16(21)10-15/h4-10H,3,11,21H2,1-2H3,(H,22,26). The third kappa shape index (κ3) is 4.61. The summed E-state index contributed by atoms with van der Waals surface area (Å²) < 4.78 is 1.98. The summed E-state index contributed by atoms with van der Waals surface area (Å²) in [6.07, 6.45) is 0. The molecule has 1 amide bonds. The summed E-state index contributed by atoms with van der Waals surface area (Å²) in [5.41, 5.74) is 9.13. The Labute approximate surface area is 167 Å². The first-order valence-electron chi connectivity index (χ1n) is 8.46. The largest absolute Gasteiger partial charge is 0.398 e. The molecule has 140 valence electrons. The van der Waals surface area contributed by atoms with Gasteiger partial charge >= 0.3 is 0 Å². The minimum absolute atomic E-state index is 0.123. The number of thioether (sulfide) groups is 1. The number of rotatable bonds is 6. The van der Waals surface area contributed by atoms with Crippen LogP contribution in [-0.2, 0) is 11.3 Å². The van der Waals surface area contributed by atoms with Crippen LogP contribution in [0.1, 0.15) is 12.5 Å². The number of hydrogen-bond donors (Lipinski definition) is 2. The Morgan fingerprint density at radius 2 is 1.96 bits per heavy atom. The van der Waals surface area contributed by atoms with Gasteiger partial charge in [0.2, 0.25) is 5.91 Å². The Balaban J connectivity index is 1.68. The van der Waals surface area contributed by atoms with E-state index in [0.29, 0.717) is 28.1 Å². The van der Waals surface area contributed by atoms with Crippen molar-refractivity contribution in [1.29, 1.82) is 0 Å². The number of nitrogens with one attached hydrogen (secondary N) is 1. The third-order valence-corrected chi connectivity index (χ3v) is 5.25. The van der Waals surface area contributed by atoms with Crippen molar-refractivity contribution in [3.05, 3.63) is 53.1 Å². The molecule has 0 saturated heterocycles. The van der Waals surface area contributed by atoms with Crippen LogP contribution in [0.5, 0.6) is 0 Å². The highest BCUT2D eigenvalue weighted by atomic mass is 35.5. The Morgan fingerprint density at radius 3 is 2.63 bits per heavy atom. The van der Waals surface area contributed by atoms with Gasteiger partial charge in [0.1, 0.15) is 0 Å². The van der Waals surface area contributed by atoms with E-state index in [2.05, 4.69) is 15.5 Å². The number of anilines is 2. The number of aryl methyl sites for hydroxylation is 1. The maximum absolute atomic E-state index is 12.3. The molecule has 0 spiro atoms. The first-order chi connectivity index (χ1) is 13.0. The molecule has 0 aliphatic rings. The molecule has 0 atom stereocenters. The van der Waals surface area contributed by atoms with Crippen LogP contribution >= 0.6 is 23.4 Å². The molecule has 1 heterocycles. The van der Waals surface area contributed by atoms with Gasteiger partial charge in [-0.15, -0.1) is 10.2 Å². The molecule has 0 fully saturated rings. The van der Waals surface area contributed by atoms with Crippen molar-refractivity contribution in [3.8, 4) is 11.4 Å². The van der Waals surface area contributed by atoms with E-state index >= 15 is 0 Å². The number of carbonyl (C=O) groups excluding carboxylic acids is 1. The van der Waals surface area contributed by atoms with E-state index in [1.807, 2.05) is 54.8 Å². The van der Waals surface area contributed by atoms with E-state index in [0.717, 1.165) is 17.0 Å². The van der Waals surface area contributed by atoms with Gasteiger partial charge in [-0.25, -0.2) is 0 Å². The second-order valence-corrected chi connectivity index (χ2v) is 7.34. The second kappa shape index (κ2) is 8.45. The molecule has 3 rings (SSSR count). The topological polar surface area (TPSA) is 85.8 Å². The third-order valence-electron chi connectivity index (χ3n) is 4.03. The molecular formula is C19H20ClN5OS. The van der Waals surface area contributed by atoms with Crippen molar-refractivity contribution in [3.63, 3.8) is 0 Å². The number of carbonyl (C=O) groups is 1. The zero-order chi connectivity index (χ0) is 19.4. The number of nitrogens with two attached hydrogens (primary N) is 1. The number of nitrogen functional groups attached to an aromatic ring is 1. The molecular weight excluding hydrogens is 382 g/mol. The SMILES string of the molecule is CCn1c(SCC(=O)Nc2ccc(C)c(N)c2)nnc1-c1ccc(Cl)cc1.